The number of amides is 1. The molecule has 5 heteroatoms. The van der Waals surface area contributed by atoms with Crippen LogP contribution in [-0.2, 0) is 19.4 Å². The highest BCUT2D eigenvalue weighted by molar-refractivity contribution is 7.16. The van der Waals surface area contributed by atoms with Gasteiger partial charge in [-0.1, -0.05) is 0 Å². The van der Waals surface area contributed by atoms with Crippen LogP contribution in [0.25, 0.3) is 0 Å². The average Bonchev–Trinajstić information content (AvgIpc) is 3.02. The van der Waals surface area contributed by atoms with Gasteiger partial charge in [-0.05, 0) is 69.4 Å². The Morgan fingerprint density at radius 1 is 1.15 bits per heavy atom. The zero-order valence-corrected chi connectivity index (χ0v) is 16.8. The second kappa shape index (κ2) is 8.69. The lowest BCUT2D eigenvalue weighted by Crippen LogP contribution is -3.10. The molecular weight excluding hydrogens is 344 g/mol. The van der Waals surface area contributed by atoms with Gasteiger partial charge < -0.3 is 15.0 Å². The summed E-state index contributed by atoms with van der Waals surface area (Å²) in [4.78, 5) is 15.8. The van der Waals surface area contributed by atoms with E-state index in [0.717, 1.165) is 43.2 Å². The lowest BCUT2D eigenvalue weighted by Gasteiger charge is -2.18. The van der Waals surface area contributed by atoms with Crippen LogP contribution in [0.5, 0.6) is 5.75 Å². The summed E-state index contributed by atoms with van der Waals surface area (Å²) in [6.07, 6.45) is 4.83. The molecule has 2 aromatic rings. The molecule has 4 nitrogen and oxygen atoms in total. The number of fused-ring (bicyclic) bond motifs is 1. The van der Waals surface area contributed by atoms with Crippen molar-refractivity contribution < 1.29 is 14.4 Å². The van der Waals surface area contributed by atoms with E-state index in [-0.39, 0.29) is 5.91 Å². The number of benzene rings is 1. The van der Waals surface area contributed by atoms with Gasteiger partial charge in [0.2, 0.25) is 0 Å². The van der Waals surface area contributed by atoms with Gasteiger partial charge in [0.15, 0.2) is 0 Å². The van der Waals surface area contributed by atoms with Gasteiger partial charge in [0.1, 0.15) is 17.3 Å². The summed E-state index contributed by atoms with van der Waals surface area (Å²) in [6.45, 7) is 7.66. The van der Waals surface area contributed by atoms with Gasteiger partial charge in [0, 0.05) is 16.0 Å². The molecule has 0 radical (unpaired) electrons. The normalized spacial score (nSPS) is 13.5. The number of aryl methyl sites for hydroxylation is 1. The van der Waals surface area contributed by atoms with Crippen molar-refractivity contribution >= 4 is 22.2 Å². The third kappa shape index (κ3) is 4.10. The van der Waals surface area contributed by atoms with E-state index in [9.17, 15) is 4.79 Å². The van der Waals surface area contributed by atoms with Gasteiger partial charge in [-0.25, -0.2) is 0 Å². The zero-order chi connectivity index (χ0) is 18.5. The summed E-state index contributed by atoms with van der Waals surface area (Å²) in [5.41, 5.74) is 3.54. The Hall–Kier alpha value is -1.85. The van der Waals surface area contributed by atoms with Crippen LogP contribution in [-0.4, -0.2) is 26.1 Å². The van der Waals surface area contributed by atoms with Crippen molar-refractivity contribution in [3.63, 3.8) is 0 Å². The second-order valence-corrected chi connectivity index (χ2v) is 7.94. The van der Waals surface area contributed by atoms with E-state index >= 15 is 0 Å². The first kappa shape index (κ1) is 18.9. The Bertz CT molecular complexity index is 748. The number of thiophene rings is 1. The van der Waals surface area contributed by atoms with Gasteiger partial charge >= 0.3 is 0 Å². The molecule has 2 N–H and O–H groups in total. The molecule has 0 atom stereocenters. The predicted octanol–water partition coefficient (Wildman–Crippen LogP) is 3.31. The van der Waals surface area contributed by atoms with Crippen LogP contribution in [0.2, 0.25) is 0 Å². The number of ether oxygens (including phenoxy) is 1. The summed E-state index contributed by atoms with van der Waals surface area (Å²) >= 11 is 1.79. The molecule has 1 amide bonds. The topological polar surface area (TPSA) is 42.8 Å². The van der Waals surface area contributed by atoms with Crippen LogP contribution in [0, 0.1) is 0 Å². The minimum atomic E-state index is -0.0398. The van der Waals surface area contributed by atoms with Gasteiger partial charge in [-0.2, -0.15) is 0 Å². The fraction of sp³-hybridized carbons (Fsp3) is 0.476. The summed E-state index contributed by atoms with van der Waals surface area (Å²) in [5.74, 6) is 0.723. The molecule has 1 aromatic carbocycles. The number of anilines is 1. The van der Waals surface area contributed by atoms with Crippen molar-refractivity contribution in [2.24, 2.45) is 0 Å². The Kier molecular flexibility index (Phi) is 6.33. The van der Waals surface area contributed by atoms with E-state index in [0.29, 0.717) is 5.56 Å². The first-order chi connectivity index (χ1) is 12.7. The molecule has 0 aliphatic heterocycles. The number of carbonyl (C=O) groups excluding carboxylic acids is 1. The lowest BCUT2D eigenvalue weighted by atomic mass is 9.95. The third-order valence-electron chi connectivity index (χ3n) is 5.29. The van der Waals surface area contributed by atoms with Crippen LogP contribution in [0.1, 0.15) is 53.1 Å². The lowest BCUT2D eigenvalue weighted by molar-refractivity contribution is -0.910. The molecule has 0 spiro atoms. The quantitative estimate of drug-likeness (QED) is 0.782. The Morgan fingerprint density at radius 2 is 1.85 bits per heavy atom. The van der Waals surface area contributed by atoms with Crippen molar-refractivity contribution in [1.29, 1.82) is 0 Å². The SMILES string of the molecule is CC[NH+](CC)Cc1c(NC(=O)c2ccc(OC)cc2)sc2c1CCCC2. The molecule has 1 aromatic heterocycles. The maximum Gasteiger partial charge on any atom is 0.256 e. The van der Waals surface area contributed by atoms with Crippen molar-refractivity contribution in [3.05, 3.63) is 45.8 Å². The molecule has 0 saturated carbocycles. The number of hydrogen-bond acceptors (Lipinski definition) is 3. The molecule has 140 valence electrons. The largest absolute Gasteiger partial charge is 0.497 e. The van der Waals surface area contributed by atoms with Gasteiger partial charge in [0.05, 0.1) is 20.2 Å². The molecule has 0 saturated heterocycles. The summed E-state index contributed by atoms with van der Waals surface area (Å²) in [6, 6.07) is 7.29. The second-order valence-electron chi connectivity index (χ2n) is 6.84. The predicted molar refractivity (Wildman–Crippen MR) is 108 cm³/mol. The fourth-order valence-electron chi connectivity index (χ4n) is 3.59. The van der Waals surface area contributed by atoms with Crippen LogP contribution in [0.4, 0.5) is 5.00 Å². The Balaban J connectivity index is 1.85. The maximum absolute atomic E-state index is 12.8. The number of methoxy groups -OCH3 is 1. The summed E-state index contributed by atoms with van der Waals surface area (Å²) in [7, 11) is 1.63. The molecule has 26 heavy (non-hydrogen) atoms. The molecule has 1 aliphatic rings. The highest BCUT2D eigenvalue weighted by atomic mass is 32.1. The first-order valence-corrected chi connectivity index (χ1v) is 10.4. The third-order valence-corrected chi connectivity index (χ3v) is 6.54. The maximum atomic E-state index is 12.8. The fourth-order valence-corrected chi connectivity index (χ4v) is 4.89. The van der Waals surface area contributed by atoms with Crippen LogP contribution < -0.4 is 15.0 Å². The molecule has 1 heterocycles. The van der Waals surface area contributed by atoms with Gasteiger partial charge in [-0.15, -0.1) is 11.3 Å². The summed E-state index contributed by atoms with van der Waals surface area (Å²) in [5, 5.41) is 4.25. The van der Waals surface area contributed by atoms with Crippen molar-refractivity contribution in [2.75, 3.05) is 25.5 Å². The van der Waals surface area contributed by atoms with Crippen LogP contribution in [0.15, 0.2) is 24.3 Å². The number of hydrogen-bond donors (Lipinski definition) is 2. The molecule has 0 bridgehead atoms. The first-order valence-electron chi connectivity index (χ1n) is 9.58. The number of rotatable bonds is 7. The molecule has 3 rings (SSSR count). The average molecular weight is 374 g/mol. The molecule has 1 aliphatic carbocycles. The standard InChI is InChI=1S/C21H28N2O2S/c1-4-23(5-2)14-18-17-8-6-7-9-19(17)26-21(18)22-20(24)15-10-12-16(25-3)13-11-15/h10-13H,4-9,14H2,1-3H3,(H,22,24)/p+1. The van der Waals surface area contributed by atoms with E-state index in [1.165, 1.54) is 28.8 Å². The van der Waals surface area contributed by atoms with E-state index in [1.807, 2.05) is 24.3 Å². The number of carbonyl (C=O) groups is 1. The highest BCUT2D eigenvalue weighted by Gasteiger charge is 2.24. The Labute approximate surface area is 160 Å². The smallest absolute Gasteiger partial charge is 0.256 e. The van der Waals surface area contributed by atoms with E-state index in [1.54, 1.807) is 23.3 Å². The van der Waals surface area contributed by atoms with Crippen molar-refractivity contribution in [3.8, 4) is 5.75 Å². The summed E-state index contributed by atoms with van der Waals surface area (Å²) < 4.78 is 5.18. The van der Waals surface area contributed by atoms with E-state index < -0.39 is 0 Å². The highest BCUT2D eigenvalue weighted by Crippen LogP contribution is 2.38. The van der Waals surface area contributed by atoms with Crippen molar-refractivity contribution in [2.45, 2.75) is 46.1 Å². The van der Waals surface area contributed by atoms with E-state index in [4.69, 9.17) is 4.74 Å². The van der Waals surface area contributed by atoms with Crippen LogP contribution >= 0.6 is 11.3 Å². The molecule has 0 fully saturated rings. The number of quaternary nitrogens is 1. The van der Waals surface area contributed by atoms with Gasteiger partial charge in [-0.3, -0.25) is 4.79 Å². The zero-order valence-electron chi connectivity index (χ0n) is 16.0. The number of nitrogens with one attached hydrogen (secondary N) is 2. The Morgan fingerprint density at radius 3 is 2.50 bits per heavy atom. The van der Waals surface area contributed by atoms with Crippen molar-refractivity contribution in [1.82, 2.24) is 0 Å². The monoisotopic (exact) mass is 373 g/mol. The minimum absolute atomic E-state index is 0.0398. The van der Waals surface area contributed by atoms with E-state index in [2.05, 4.69) is 19.2 Å². The van der Waals surface area contributed by atoms with Crippen LogP contribution in [0.3, 0.4) is 0 Å². The minimum Gasteiger partial charge on any atom is -0.497 e. The molecular formula is C21H29N2O2S+. The molecule has 0 unspecified atom stereocenters. The van der Waals surface area contributed by atoms with Gasteiger partial charge in [0.25, 0.3) is 5.91 Å².